The fourth-order valence-electron chi connectivity index (χ4n) is 2.43. The molecule has 74 valence electrons. The van der Waals surface area contributed by atoms with E-state index in [-0.39, 0.29) is 24.8 Å². The molecule has 4 heteroatoms. The Morgan fingerprint density at radius 3 is 2.17 bits per heavy atom. The predicted molar refractivity (Wildman–Crippen MR) is 56.3 cm³/mol. The van der Waals surface area contributed by atoms with Crippen molar-refractivity contribution >= 4 is 24.8 Å². The summed E-state index contributed by atoms with van der Waals surface area (Å²) in [5.74, 6) is 0. The van der Waals surface area contributed by atoms with Crippen LogP contribution in [0.1, 0.15) is 32.1 Å². The summed E-state index contributed by atoms with van der Waals surface area (Å²) in [6.07, 6.45) is 6.74. The van der Waals surface area contributed by atoms with E-state index >= 15 is 0 Å². The lowest BCUT2D eigenvalue weighted by atomic mass is 9.95. The quantitative estimate of drug-likeness (QED) is 0.639. The van der Waals surface area contributed by atoms with Crippen LogP contribution in [0.4, 0.5) is 0 Å². The molecule has 1 atom stereocenters. The Bertz CT molecular complexity index is 135. The van der Waals surface area contributed by atoms with Crippen molar-refractivity contribution in [3.8, 4) is 0 Å². The van der Waals surface area contributed by atoms with Gasteiger partial charge in [-0.15, -0.1) is 24.8 Å². The molecule has 0 bridgehead atoms. The van der Waals surface area contributed by atoms with E-state index < -0.39 is 0 Å². The highest BCUT2D eigenvalue weighted by molar-refractivity contribution is 5.85. The van der Waals surface area contributed by atoms with Gasteiger partial charge < -0.3 is 11.1 Å². The predicted octanol–water partition coefficient (Wildman–Crippen LogP) is 1.46. The second kappa shape index (κ2) is 4.66. The van der Waals surface area contributed by atoms with Crippen molar-refractivity contribution in [2.45, 2.75) is 43.7 Å². The van der Waals surface area contributed by atoms with Crippen LogP contribution in [0, 0.1) is 0 Å². The van der Waals surface area contributed by atoms with E-state index in [0.29, 0.717) is 11.6 Å². The first-order chi connectivity index (χ1) is 4.81. The summed E-state index contributed by atoms with van der Waals surface area (Å²) in [4.78, 5) is 0. The fraction of sp³-hybridized carbons (Fsp3) is 1.00. The Balaban J connectivity index is 0.000000605. The van der Waals surface area contributed by atoms with E-state index in [9.17, 15) is 0 Å². The Hall–Kier alpha value is 0.500. The lowest BCUT2D eigenvalue weighted by molar-refractivity contribution is 0.384. The van der Waals surface area contributed by atoms with Gasteiger partial charge in [0.2, 0.25) is 0 Å². The van der Waals surface area contributed by atoms with Crippen molar-refractivity contribution in [2.24, 2.45) is 5.73 Å². The number of nitrogens with two attached hydrogens (primary N) is 1. The van der Waals surface area contributed by atoms with Crippen LogP contribution in [0.2, 0.25) is 0 Å². The third-order valence-corrected chi connectivity index (χ3v) is 2.95. The molecule has 3 N–H and O–H groups in total. The molecular weight excluding hydrogens is 195 g/mol. The summed E-state index contributed by atoms with van der Waals surface area (Å²) in [7, 11) is 0. The van der Waals surface area contributed by atoms with E-state index in [1.165, 1.54) is 32.1 Å². The second-order valence-electron chi connectivity index (χ2n) is 3.83. The molecule has 0 aromatic carbocycles. The fourth-order valence-corrected chi connectivity index (χ4v) is 2.43. The summed E-state index contributed by atoms with van der Waals surface area (Å²) in [6.45, 7) is 1.04. The van der Waals surface area contributed by atoms with Gasteiger partial charge in [-0.25, -0.2) is 0 Å². The molecule has 1 saturated carbocycles. The average molecular weight is 213 g/mol. The van der Waals surface area contributed by atoms with Crippen LogP contribution in [0.15, 0.2) is 0 Å². The van der Waals surface area contributed by atoms with Crippen molar-refractivity contribution in [1.29, 1.82) is 0 Å². The summed E-state index contributed by atoms with van der Waals surface area (Å²) in [6, 6.07) is 0.429. The number of rotatable bonds is 0. The van der Waals surface area contributed by atoms with Gasteiger partial charge in [0, 0.05) is 18.1 Å². The Labute approximate surface area is 86.5 Å². The van der Waals surface area contributed by atoms with Crippen LogP contribution in [0.3, 0.4) is 0 Å². The maximum atomic E-state index is 5.83. The van der Waals surface area contributed by atoms with Gasteiger partial charge in [-0.2, -0.15) is 0 Å². The van der Waals surface area contributed by atoms with Gasteiger partial charge in [0.1, 0.15) is 0 Å². The van der Waals surface area contributed by atoms with Crippen molar-refractivity contribution in [3.63, 3.8) is 0 Å². The Morgan fingerprint density at radius 1 is 1.17 bits per heavy atom. The summed E-state index contributed by atoms with van der Waals surface area (Å²) < 4.78 is 0. The molecule has 0 aromatic heterocycles. The van der Waals surface area contributed by atoms with Crippen molar-refractivity contribution < 1.29 is 0 Å². The van der Waals surface area contributed by atoms with Crippen LogP contribution in [-0.4, -0.2) is 18.1 Å². The minimum absolute atomic E-state index is 0. The summed E-state index contributed by atoms with van der Waals surface area (Å²) >= 11 is 0. The first-order valence-corrected chi connectivity index (χ1v) is 4.31. The second-order valence-corrected chi connectivity index (χ2v) is 3.83. The minimum atomic E-state index is 0. The summed E-state index contributed by atoms with van der Waals surface area (Å²) in [5.41, 5.74) is 6.31. The highest BCUT2D eigenvalue weighted by atomic mass is 35.5. The van der Waals surface area contributed by atoms with Crippen LogP contribution in [0.25, 0.3) is 0 Å². The highest BCUT2D eigenvalue weighted by Gasteiger charge is 2.39. The van der Waals surface area contributed by atoms with Crippen molar-refractivity contribution in [3.05, 3.63) is 0 Å². The summed E-state index contributed by atoms with van der Waals surface area (Å²) in [5, 5.41) is 3.56. The molecule has 1 aliphatic carbocycles. The molecule has 2 aliphatic rings. The zero-order chi connectivity index (χ0) is 7.03. The molecule has 1 saturated heterocycles. The zero-order valence-electron chi connectivity index (χ0n) is 7.21. The SMILES string of the molecule is Cl.Cl.NC1CNC2(CCCC2)C1. The molecule has 0 radical (unpaired) electrons. The van der Waals surface area contributed by atoms with Gasteiger partial charge in [-0.1, -0.05) is 12.8 Å². The van der Waals surface area contributed by atoms with Crippen LogP contribution >= 0.6 is 24.8 Å². The van der Waals surface area contributed by atoms with Crippen LogP contribution in [0.5, 0.6) is 0 Å². The van der Waals surface area contributed by atoms with Crippen LogP contribution in [-0.2, 0) is 0 Å². The smallest absolute Gasteiger partial charge is 0.0197 e. The van der Waals surface area contributed by atoms with Crippen molar-refractivity contribution in [2.75, 3.05) is 6.54 Å². The van der Waals surface area contributed by atoms with Gasteiger partial charge >= 0.3 is 0 Å². The molecular formula is C8H18Cl2N2. The lowest BCUT2D eigenvalue weighted by Crippen LogP contribution is -2.35. The number of hydrogen-bond donors (Lipinski definition) is 2. The maximum absolute atomic E-state index is 5.83. The molecule has 1 spiro atoms. The molecule has 2 rings (SSSR count). The molecule has 0 amide bonds. The molecule has 1 aliphatic heterocycles. The largest absolute Gasteiger partial charge is 0.326 e. The highest BCUT2D eigenvalue weighted by Crippen LogP contribution is 2.35. The average Bonchev–Trinajstić information content (AvgIpc) is 2.46. The molecule has 2 fully saturated rings. The molecule has 2 nitrogen and oxygen atoms in total. The van der Waals surface area contributed by atoms with E-state index in [1.54, 1.807) is 0 Å². The first-order valence-electron chi connectivity index (χ1n) is 4.31. The number of nitrogens with one attached hydrogen (secondary N) is 1. The van der Waals surface area contributed by atoms with Gasteiger partial charge in [-0.05, 0) is 19.3 Å². The standard InChI is InChI=1S/C8H16N2.2ClH/c9-7-5-8(10-6-7)3-1-2-4-8;;/h7,10H,1-6,9H2;2*1H. The maximum Gasteiger partial charge on any atom is 0.0197 e. The third kappa shape index (κ3) is 2.25. The first kappa shape index (κ1) is 12.5. The monoisotopic (exact) mass is 212 g/mol. The van der Waals surface area contributed by atoms with Gasteiger partial charge in [0.25, 0.3) is 0 Å². The van der Waals surface area contributed by atoms with Gasteiger partial charge in [-0.3, -0.25) is 0 Å². The van der Waals surface area contributed by atoms with E-state index in [4.69, 9.17) is 5.73 Å². The lowest BCUT2D eigenvalue weighted by Gasteiger charge is -2.22. The Kier molecular flexibility index (Phi) is 4.85. The third-order valence-electron chi connectivity index (χ3n) is 2.95. The van der Waals surface area contributed by atoms with E-state index in [0.717, 1.165) is 6.54 Å². The topological polar surface area (TPSA) is 38.0 Å². The van der Waals surface area contributed by atoms with Gasteiger partial charge in [0.05, 0.1) is 0 Å². The van der Waals surface area contributed by atoms with E-state index in [2.05, 4.69) is 5.32 Å². The number of hydrogen-bond acceptors (Lipinski definition) is 2. The van der Waals surface area contributed by atoms with Crippen LogP contribution < -0.4 is 11.1 Å². The Morgan fingerprint density at radius 2 is 1.75 bits per heavy atom. The zero-order valence-corrected chi connectivity index (χ0v) is 8.85. The van der Waals surface area contributed by atoms with E-state index in [1.807, 2.05) is 0 Å². The normalized spacial score (nSPS) is 31.2. The van der Waals surface area contributed by atoms with Gasteiger partial charge in [0.15, 0.2) is 0 Å². The molecule has 1 heterocycles. The molecule has 12 heavy (non-hydrogen) atoms. The number of halogens is 2. The molecule has 0 aromatic rings. The van der Waals surface area contributed by atoms with Crippen molar-refractivity contribution in [1.82, 2.24) is 5.32 Å². The molecule has 1 unspecified atom stereocenters. The minimum Gasteiger partial charge on any atom is -0.326 e.